The van der Waals surface area contributed by atoms with Gasteiger partial charge in [0.2, 0.25) is 11.8 Å². The van der Waals surface area contributed by atoms with Crippen LogP contribution in [0.25, 0.3) is 0 Å². The third-order valence-electron chi connectivity index (χ3n) is 6.00. The van der Waals surface area contributed by atoms with Crippen molar-refractivity contribution in [1.29, 1.82) is 0 Å². The van der Waals surface area contributed by atoms with Gasteiger partial charge in [-0.1, -0.05) is 18.2 Å². The first kappa shape index (κ1) is 18.6. The predicted octanol–water partition coefficient (Wildman–Crippen LogP) is 2.66. The summed E-state index contributed by atoms with van der Waals surface area (Å²) in [6.07, 6.45) is 3.72. The Morgan fingerprint density at radius 2 is 2.04 bits per heavy atom. The molecule has 1 saturated carbocycles. The fourth-order valence-corrected chi connectivity index (χ4v) is 4.22. The van der Waals surface area contributed by atoms with Crippen molar-refractivity contribution < 1.29 is 14.0 Å². The first-order valence-electron chi connectivity index (χ1n) is 9.64. The number of hydrogen-bond donors (Lipinski definition) is 0. The summed E-state index contributed by atoms with van der Waals surface area (Å²) in [5.41, 5.74) is 1.62. The SMILES string of the molecule is CN(Cc1ccccn1)C(=O)[C@H]1C[C@@]12CCN(C(=O)Cc1ccc(F)cc1)C2. The summed E-state index contributed by atoms with van der Waals surface area (Å²) in [7, 11) is 1.81. The van der Waals surface area contributed by atoms with Crippen molar-refractivity contribution in [3.05, 3.63) is 65.7 Å². The van der Waals surface area contributed by atoms with Gasteiger partial charge in [0.15, 0.2) is 0 Å². The second-order valence-corrected chi connectivity index (χ2v) is 8.00. The fraction of sp³-hybridized carbons (Fsp3) is 0.409. The molecule has 0 bridgehead atoms. The molecule has 1 aromatic carbocycles. The third-order valence-corrected chi connectivity index (χ3v) is 6.00. The van der Waals surface area contributed by atoms with Gasteiger partial charge < -0.3 is 9.80 Å². The highest BCUT2D eigenvalue weighted by Crippen LogP contribution is 2.59. The molecule has 1 saturated heterocycles. The highest BCUT2D eigenvalue weighted by molar-refractivity contribution is 5.84. The Hall–Kier alpha value is -2.76. The normalized spacial score (nSPS) is 23.1. The zero-order valence-electron chi connectivity index (χ0n) is 16.0. The molecule has 1 aliphatic heterocycles. The van der Waals surface area contributed by atoms with Crippen LogP contribution in [0.1, 0.15) is 24.1 Å². The van der Waals surface area contributed by atoms with Crippen LogP contribution in [0.4, 0.5) is 4.39 Å². The summed E-state index contributed by atoms with van der Waals surface area (Å²) in [5, 5.41) is 0. The van der Waals surface area contributed by atoms with Gasteiger partial charge in [-0.25, -0.2) is 4.39 Å². The van der Waals surface area contributed by atoms with Crippen molar-refractivity contribution in [2.45, 2.75) is 25.8 Å². The molecule has 146 valence electrons. The van der Waals surface area contributed by atoms with E-state index in [-0.39, 0.29) is 35.4 Å². The minimum absolute atomic E-state index is 0.00941. The maximum absolute atomic E-state index is 13.0. The molecule has 6 heteroatoms. The number of amides is 2. The van der Waals surface area contributed by atoms with Gasteiger partial charge in [0, 0.05) is 37.7 Å². The molecule has 2 heterocycles. The van der Waals surface area contributed by atoms with Crippen molar-refractivity contribution in [2.75, 3.05) is 20.1 Å². The first-order valence-corrected chi connectivity index (χ1v) is 9.64. The predicted molar refractivity (Wildman–Crippen MR) is 103 cm³/mol. The summed E-state index contributed by atoms with van der Waals surface area (Å²) in [6, 6.07) is 11.7. The Kier molecular flexibility index (Phi) is 4.87. The van der Waals surface area contributed by atoms with E-state index in [9.17, 15) is 14.0 Å². The molecule has 2 aliphatic rings. The summed E-state index contributed by atoms with van der Waals surface area (Å²) in [4.78, 5) is 33.3. The Labute approximate surface area is 164 Å². The number of pyridine rings is 1. The average molecular weight is 381 g/mol. The standard InChI is InChI=1S/C22H24FN3O2/c1-25(14-18-4-2-3-10-24-18)21(28)19-13-22(19)9-11-26(15-22)20(27)12-16-5-7-17(23)8-6-16/h2-8,10,19H,9,11-15H2,1H3/t19-,22-/m1/s1. The number of hydrogen-bond acceptors (Lipinski definition) is 3. The van der Waals surface area contributed by atoms with E-state index in [1.54, 1.807) is 23.2 Å². The van der Waals surface area contributed by atoms with Crippen LogP contribution >= 0.6 is 0 Å². The molecule has 0 radical (unpaired) electrons. The minimum atomic E-state index is -0.300. The van der Waals surface area contributed by atoms with Gasteiger partial charge in [0.05, 0.1) is 18.7 Å². The van der Waals surface area contributed by atoms with Crippen molar-refractivity contribution in [3.63, 3.8) is 0 Å². The molecular formula is C22H24FN3O2. The molecule has 1 spiro atoms. The van der Waals surface area contributed by atoms with Gasteiger partial charge in [-0.3, -0.25) is 14.6 Å². The van der Waals surface area contributed by atoms with E-state index in [0.29, 0.717) is 19.6 Å². The zero-order chi connectivity index (χ0) is 19.7. The highest BCUT2D eigenvalue weighted by Gasteiger charge is 2.61. The van der Waals surface area contributed by atoms with Crippen LogP contribution in [0.5, 0.6) is 0 Å². The molecule has 1 aliphatic carbocycles. The maximum Gasteiger partial charge on any atom is 0.227 e. The van der Waals surface area contributed by atoms with Crippen LogP contribution in [-0.4, -0.2) is 46.7 Å². The Balaban J connectivity index is 1.32. The summed E-state index contributed by atoms with van der Waals surface area (Å²) in [6.45, 7) is 1.83. The van der Waals surface area contributed by atoms with Crippen LogP contribution in [0.3, 0.4) is 0 Å². The van der Waals surface area contributed by atoms with E-state index < -0.39 is 0 Å². The molecule has 1 aromatic heterocycles. The lowest BCUT2D eigenvalue weighted by atomic mass is 10.0. The number of aromatic nitrogens is 1. The van der Waals surface area contributed by atoms with Crippen LogP contribution in [0, 0.1) is 17.2 Å². The van der Waals surface area contributed by atoms with Crippen molar-refractivity contribution in [1.82, 2.24) is 14.8 Å². The zero-order valence-corrected chi connectivity index (χ0v) is 16.0. The molecule has 2 atom stereocenters. The maximum atomic E-state index is 13.0. The number of carbonyl (C=O) groups is 2. The van der Waals surface area contributed by atoms with Crippen LogP contribution in [-0.2, 0) is 22.6 Å². The van der Waals surface area contributed by atoms with Crippen molar-refractivity contribution >= 4 is 11.8 Å². The summed E-state index contributed by atoms with van der Waals surface area (Å²) < 4.78 is 13.0. The molecule has 2 amide bonds. The Morgan fingerprint density at radius 3 is 2.75 bits per heavy atom. The van der Waals surface area contributed by atoms with E-state index in [4.69, 9.17) is 0 Å². The van der Waals surface area contributed by atoms with Gasteiger partial charge in [0.25, 0.3) is 0 Å². The fourth-order valence-electron chi connectivity index (χ4n) is 4.22. The van der Waals surface area contributed by atoms with Gasteiger partial charge in [-0.05, 0) is 42.7 Å². The van der Waals surface area contributed by atoms with Crippen molar-refractivity contribution in [3.8, 4) is 0 Å². The molecule has 28 heavy (non-hydrogen) atoms. The van der Waals surface area contributed by atoms with Crippen molar-refractivity contribution in [2.24, 2.45) is 11.3 Å². The molecule has 2 fully saturated rings. The number of likely N-dealkylation sites (tertiary alicyclic amines) is 1. The Morgan fingerprint density at radius 1 is 1.25 bits per heavy atom. The van der Waals surface area contributed by atoms with E-state index >= 15 is 0 Å². The number of halogens is 1. The minimum Gasteiger partial charge on any atom is -0.342 e. The van der Waals surface area contributed by atoms with E-state index in [0.717, 1.165) is 24.1 Å². The van der Waals surface area contributed by atoms with E-state index in [1.807, 2.05) is 30.1 Å². The smallest absolute Gasteiger partial charge is 0.227 e. The van der Waals surface area contributed by atoms with E-state index in [2.05, 4.69) is 4.98 Å². The second-order valence-electron chi connectivity index (χ2n) is 8.00. The number of rotatable bonds is 5. The first-order chi connectivity index (χ1) is 13.5. The third kappa shape index (κ3) is 3.77. The topological polar surface area (TPSA) is 53.5 Å². The average Bonchev–Trinajstić information content (AvgIpc) is 3.22. The molecule has 5 nitrogen and oxygen atoms in total. The van der Waals surface area contributed by atoms with Gasteiger partial charge >= 0.3 is 0 Å². The number of benzene rings is 1. The molecule has 0 N–H and O–H groups in total. The lowest BCUT2D eigenvalue weighted by Gasteiger charge is -2.19. The molecule has 4 rings (SSSR count). The highest BCUT2D eigenvalue weighted by atomic mass is 19.1. The number of nitrogens with zero attached hydrogens (tertiary/aromatic N) is 3. The summed E-state index contributed by atoms with van der Waals surface area (Å²) >= 11 is 0. The molecule has 2 aromatic rings. The van der Waals surface area contributed by atoms with Gasteiger partial charge in [0.1, 0.15) is 5.82 Å². The van der Waals surface area contributed by atoms with E-state index in [1.165, 1.54) is 12.1 Å². The van der Waals surface area contributed by atoms with Gasteiger partial charge in [-0.2, -0.15) is 0 Å². The monoisotopic (exact) mass is 381 g/mol. The van der Waals surface area contributed by atoms with Gasteiger partial charge in [-0.15, -0.1) is 0 Å². The second kappa shape index (κ2) is 7.34. The van der Waals surface area contributed by atoms with Crippen LogP contribution < -0.4 is 0 Å². The summed E-state index contributed by atoms with van der Waals surface area (Å²) in [5.74, 6) is -0.128. The lowest BCUT2D eigenvalue weighted by molar-refractivity contribution is -0.133. The largest absolute Gasteiger partial charge is 0.342 e. The Bertz CT molecular complexity index is 871. The van der Waals surface area contributed by atoms with Crippen LogP contribution in [0.2, 0.25) is 0 Å². The molecule has 0 unspecified atom stereocenters. The number of carbonyl (C=O) groups excluding carboxylic acids is 2. The quantitative estimate of drug-likeness (QED) is 0.800. The lowest BCUT2D eigenvalue weighted by Crippen LogP contribution is -2.33. The molecular weight excluding hydrogens is 357 g/mol. The van der Waals surface area contributed by atoms with Crippen LogP contribution in [0.15, 0.2) is 48.7 Å².